The van der Waals surface area contributed by atoms with E-state index in [4.69, 9.17) is 4.74 Å². The summed E-state index contributed by atoms with van der Waals surface area (Å²) in [6.45, 7) is 0.822. The average molecular weight is 274 g/mol. The molecule has 1 aliphatic rings. The Balaban J connectivity index is 2.22. The van der Waals surface area contributed by atoms with Crippen molar-refractivity contribution in [3.8, 4) is 6.07 Å². The van der Waals surface area contributed by atoms with Gasteiger partial charge in [0.25, 0.3) is 0 Å². The van der Waals surface area contributed by atoms with Gasteiger partial charge in [0.2, 0.25) is 0 Å². The Bertz CT molecular complexity index is 524. The van der Waals surface area contributed by atoms with Gasteiger partial charge in [-0.2, -0.15) is 5.26 Å². The smallest absolute Gasteiger partial charge is 0.337 e. The fraction of sp³-hybridized carbons (Fsp3) is 0.467. The molecule has 0 aromatic heterocycles. The number of ether oxygens (including phenoxy) is 1. The standard InChI is InChI=1S/C15H18N2O3/c1-20-15(19)12-3-2-4-13(8-12)17-6-5-11(10-18)7-14(17)9-16/h2-4,8,11,14,18H,5-7,10H2,1H3. The number of anilines is 1. The van der Waals surface area contributed by atoms with Crippen LogP contribution in [-0.4, -0.2) is 37.4 Å². The number of benzene rings is 1. The van der Waals surface area contributed by atoms with E-state index in [0.717, 1.165) is 12.1 Å². The topological polar surface area (TPSA) is 73.6 Å². The van der Waals surface area contributed by atoms with Gasteiger partial charge in [0.1, 0.15) is 6.04 Å². The summed E-state index contributed by atoms with van der Waals surface area (Å²) >= 11 is 0. The summed E-state index contributed by atoms with van der Waals surface area (Å²) < 4.78 is 4.71. The molecule has 20 heavy (non-hydrogen) atoms. The molecule has 5 nitrogen and oxygen atoms in total. The molecule has 1 N–H and O–H groups in total. The summed E-state index contributed by atoms with van der Waals surface area (Å²) in [5, 5.41) is 18.5. The number of nitrogens with zero attached hydrogens (tertiary/aromatic N) is 2. The molecule has 1 aromatic carbocycles. The zero-order valence-electron chi connectivity index (χ0n) is 11.5. The molecular formula is C15H18N2O3. The number of aliphatic hydroxyl groups is 1. The summed E-state index contributed by atoms with van der Waals surface area (Å²) in [7, 11) is 1.35. The zero-order valence-corrected chi connectivity index (χ0v) is 11.5. The fourth-order valence-corrected chi connectivity index (χ4v) is 2.56. The number of hydrogen-bond acceptors (Lipinski definition) is 5. The third-order valence-electron chi connectivity index (χ3n) is 3.72. The Morgan fingerprint density at radius 2 is 2.40 bits per heavy atom. The van der Waals surface area contributed by atoms with Crippen molar-refractivity contribution in [2.45, 2.75) is 18.9 Å². The average Bonchev–Trinajstić information content (AvgIpc) is 2.53. The van der Waals surface area contributed by atoms with Crippen LogP contribution in [0.15, 0.2) is 24.3 Å². The first kappa shape index (κ1) is 14.4. The van der Waals surface area contributed by atoms with Crippen LogP contribution in [0.3, 0.4) is 0 Å². The number of nitriles is 1. The molecule has 0 bridgehead atoms. The molecule has 2 unspecified atom stereocenters. The minimum Gasteiger partial charge on any atom is -0.465 e. The van der Waals surface area contributed by atoms with E-state index in [1.807, 2.05) is 11.0 Å². The molecule has 0 radical (unpaired) electrons. The second-order valence-corrected chi connectivity index (χ2v) is 4.95. The third kappa shape index (κ3) is 2.91. The first-order valence-corrected chi connectivity index (χ1v) is 6.65. The molecule has 5 heteroatoms. The lowest BCUT2D eigenvalue weighted by Gasteiger charge is -2.37. The Hall–Kier alpha value is -2.06. The van der Waals surface area contributed by atoms with Crippen molar-refractivity contribution in [1.29, 1.82) is 5.26 Å². The quantitative estimate of drug-likeness (QED) is 0.847. The molecule has 2 rings (SSSR count). The second-order valence-electron chi connectivity index (χ2n) is 4.95. The van der Waals surface area contributed by atoms with Gasteiger partial charge in [-0.3, -0.25) is 0 Å². The molecule has 1 fully saturated rings. The van der Waals surface area contributed by atoms with Crippen LogP contribution in [0.5, 0.6) is 0 Å². The van der Waals surface area contributed by atoms with E-state index in [9.17, 15) is 15.2 Å². The van der Waals surface area contributed by atoms with Crippen LogP contribution in [0.2, 0.25) is 0 Å². The molecule has 0 spiro atoms. The predicted molar refractivity (Wildman–Crippen MR) is 74.3 cm³/mol. The van der Waals surface area contributed by atoms with Gasteiger partial charge in [0, 0.05) is 18.8 Å². The van der Waals surface area contributed by atoms with E-state index in [0.29, 0.717) is 18.5 Å². The number of methoxy groups -OCH3 is 1. The van der Waals surface area contributed by atoms with Gasteiger partial charge in [0.05, 0.1) is 18.7 Å². The lowest BCUT2D eigenvalue weighted by atomic mass is 9.91. The minimum absolute atomic E-state index is 0.119. The predicted octanol–water partition coefficient (Wildman–Crippen LogP) is 1.57. The van der Waals surface area contributed by atoms with E-state index >= 15 is 0 Å². The summed E-state index contributed by atoms with van der Waals surface area (Å²) in [6.07, 6.45) is 1.49. The fourth-order valence-electron chi connectivity index (χ4n) is 2.56. The van der Waals surface area contributed by atoms with E-state index < -0.39 is 0 Å². The first-order chi connectivity index (χ1) is 9.69. The molecule has 0 amide bonds. The summed E-state index contributed by atoms with van der Waals surface area (Å²) in [4.78, 5) is 13.5. The Labute approximate surface area is 118 Å². The van der Waals surface area contributed by atoms with Crippen molar-refractivity contribution in [3.63, 3.8) is 0 Å². The lowest BCUT2D eigenvalue weighted by molar-refractivity contribution is 0.0600. The number of hydrogen-bond donors (Lipinski definition) is 1. The van der Waals surface area contributed by atoms with E-state index in [2.05, 4.69) is 6.07 Å². The Kier molecular flexibility index (Phi) is 4.59. The normalized spacial score (nSPS) is 22.1. The van der Waals surface area contributed by atoms with Crippen molar-refractivity contribution in [3.05, 3.63) is 29.8 Å². The van der Waals surface area contributed by atoms with Gasteiger partial charge < -0.3 is 14.7 Å². The van der Waals surface area contributed by atoms with Crippen LogP contribution >= 0.6 is 0 Å². The van der Waals surface area contributed by atoms with Gasteiger partial charge in [-0.25, -0.2) is 4.79 Å². The Morgan fingerprint density at radius 3 is 3.05 bits per heavy atom. The van der Waals surface area contributed by atoms with Crippen LogP contribution in [0, 0.1) is 17.2 Å². The monoisotopic (exact) mass is 274 g/mol. The number of piperidine rings is 1. The maximum Gasteiger partial charge on any atom is 0.337 e. The van der Waals surface area contributed by atoms with Crippen molar-refractivity contribution in [2.75, 3.05) is 25.2 Å². The van der Waals surface area contributed by atoms with Gasteiger partial charge in [-0.1, -0.05) is 6.07 Å². The van der Waals surface area contributed by atoms with Gasteiger partial charge in [-0.15, -0.1) is 0 Å². The largest absolute Gasteiger partial charge is 0.465 e. The van der Waals surface area contributed by atoms with E-state index in [-0.39, 0.29) is 24.5 Å². The van der Waals surface area contributed by atoms with Crippen molar-refractivity contribution in [2.24, 2.45) is 5.92 Å². The van der Waals surface area contributed by atoms with Crippen LogP contribution < -0.4 is 4.90 Å². The van der Waals surface area contributed by atoms with Crippen molar-refractivity contribution in [1.82, 2.24) is 0 Å². The third-order valence-corrected chi connectivity index (χ3v) is 3.72. The molecule has 1 saturated heterocycles. The molecule has 1 aromatic rings. The molecule has 1 aliphatic heterocycles. The number of rotatable bonds is 3. The SMILES string of the molecule is COC(=O)c1cccc(N2CCC(CO)CC2C#N)c1. The zero-order chi connectivity index (χ0) is 14.5. The number of esters is 1. The highest BCUT2D eigenvalue weighted by molar-refractivity contribution is 5.90. The highest BCUT2D eigenvalue weighted by atomic mass is 16.5. The molecule has 2 atom stereocenters. The van der Waals surface area contributed by atoms with Gasteiger partial charge in [-0.05, 0) is 37.0 Å². The van der Waals surface area contributed by atoms with Crippen molar-refractivity contribution >= 4 is 11.7 Å². The minimum atomic E-state index is -0.384. The maximum absolute atomic E-state index is 11.6. The van der Waals surface area contributed by atoms with E-state index in [1.165, 1.54) is 7.11 Å². The maximum atomic E-state index is 11.6. The highest BCUT2D eigenvalue weighted by Gasteiger charge is 2.28. The molecular weight excluding hydrogens is 256 g/mol. The molecule has 0 aliphatic carbocycles. The van der Waals surface area contributed by atoms with Crippen LogP contribution in [0.1, 0.15) is 23.2 Å². The van der Waals surface area contributed by atoms with Crippen LogP contribution in [0.4, 0.5) is 5.69 Å². The summed E-state index contributed by atoms with van der Waals surface area (Å²) in [5.41, 5.74) is 1.32. The second kappa shape index (κ2) is 6.40. The lowest BCUT2D eigenvalue weighted by Crippen LogP contribution is -2.42. The first-order valence-electron chi connectivity index (χ1n) is 6.65. The van der Waals surface area contributed by atoms with Crippen LogP contribution in [-0.2, 0) is 4.74 Å². The van der Waals surface area contributed by atoms with Crippen molar-refractivity contribution < 1.29 is 14.6 Å². The summed E-state index contributed by atoms with van der Waals surface area (Å²) in [6, 6.07) is 9.12. The number of carbonyl (C=O) groups excluding carboxylic acids is 1. The number of carbonyl (C=O) groups is 1. The molecule has 0 saturated carbocycles. The molecule has 1 heterocycles. The number of aliphatic hydroxyl groups excluding tert-OH is 1. The highest BCUT2D eigenvalue weighted by Crippen LogP contribution is 2.28. The molecule has 106 valence electrons. The summed E-state index contributed by atoms with van der Waals surface area (Å²) in [5.74, 6) is -0.203. The van der Waals surface area contributed by atoms with E-state index in [1.54, 1.807) is 18.2 Å². The van der Waals surface area contributed by atoms with Crippen LogP contribution in [0.25, 0.3) is 0 Å². The van der Waals surface area contributed by atoms with Gasteiger partial charge >= 0.3 is 5.97 Å². The Morgan fingerprint density at radius 1 is 1.60 bits per heavy atom. The van der Waals surface area contributed by atoms with Gasteiger partial charge in [0.15, 0.2) is 0 Å².